The summed E-state index contributed by atoms with van der Waals surface area (Å²) in [5.41, 5.74) is 1.60. The summed E-state index contributed by atoms with van der Waals surface area (Å²) < 4.78 is 5.99. The summed E-state index contributed by atoms with van der Waals surface area (Å²) in [6.07, 6.45) is 1.09. The van der Waals surface area contributed by atoms with E-state index in [1.54, 1.807) is 12.1 Å². The van der Waals surface area contributed by atoms with Crippen molar-refractivity contribution in [2.75, 3.05) is 0 Å². The van der Waals surface area contributed by atoms with Crippen LogP contribution in [0, 0.1) is 16.7 Å². The second-order valence-corrected chi connectivity index (χ2v) is 6.04. The van der Waals surface area contributed by atoms with E-state index in [2.05, 4.69) is 28.1 Å². The third kappa shape index (κ3) is 2.17. The molecule has 0 spiro atoms. The van der Waals surface area contributed by atoms with Gasteiger partial charge in [-0.1, -0.05) is 24.3 Å². The van der Waals surface area contributed by atoms with Gasteiger partial charge in [-0.05, 0) is 58.5 Å². The Bertz CT molecular complexity index is 673. The van der Waals surface area contributed by atoms with Crippen molar-refractivity contribution in [1.82, 2.24) is 0 Å². The van der Waals surface area contributed by atoms with Crippen molar-refractivity contribution in [3.63, 3.8) is 0 Å². The van der Waals surface area contributed by atoms with Crippen molar-refractivity contribution in [2.24, 2.45) is 5.41 Å². The Kier molecular flexibility index (Phi) is 3.41. The third-order valence-electron chi connectivity index (χ3n) is 4.07. The van der Waals surface area contributed by atoms with Crippen LogP contribution in [-0.4, -0.2) is 5.11 Å². The Labute approximate surface area is 126 Å². The molecule has 0 saturated carbocycles. The van der Waals surface area contributed by atoms with Crippen LogP contribution in [0.25, 0.3) is 0 Å². The van der Waals surface area contributed by atoms with E-state index in [1.165, 1.54) is 5.56 Å². The summed E-state index contributed by atoms with van der Waals surface area (Å²) in [6.45, 7) is 0. The molecule has 1 aliphatic rings. The van der Waals surface area contributed by atoms with Crippen molar-refractivity contribution in [2.45, 2.75) is 25.4 Å². The molecule has 1 heterocycles. The average Bonchev–Trinajstić information content (AvgIpc) is 2.92. The minimum Gasteiger partial charge on any atom is -0.452 e. The van der Waals surface area contributed by atoms with Crippen molar-refractivity contribution < 1.29 is 9.52 Å². The average molecular weight is 332 g/mol. The van der Waals surface area contributed by atoms with Gasteiger partial charge in [-0.25, -0.2) is 0 Å². The van der Waals surface area contributed by atoms with E-state index in [-0.39, 0.29) is 0 Å². The first-order valence-electron chi connectivity index (χ1n) is 6.56. The Morgan fingerprint density at radius 3 is 2.65 bits per heavy atom. The lowest BCUT2D eigenvalue weighted by molar-refractivity contribution is 0.0340. The monoisotopic (exact) mass is 331 g/mol. The van der Waals surface area contributed by atoms with Crippen LogP contribution in [0.3, 0.4) is 0 Å². The van der Waals surface area contributed by atoms with Gasteiger partial charge in [0.2, 0.25) is 0 Å². The van der Waals surface area contributed by atoms with E-state index < -0.39 is 11.5 Å². The van der Waals surface area contributed by atoms with Crippen molar-refractivity contribution in [3.8, 4) is 6.07 Å². The molecule has 1 aromatic carbocycles. The van der Waals surface area contributed by atoms with Gasteiger partial charge in [0.15, 0.2) is 4.67 Å². The highest BCUT2D eigenvalue weighted by Gasteiger charge is 2.43. The van der Waals surface area contributed by atoms with Gasteiger partial charge in [-0.2, -0.15) is 5.26 Å². The first-order valence-corrected chi connectivity index (χ1v) is 7.35. The van der Waals surface area contributed by atoms with Crippen LogP contribution in [0.1, 0.15) is 29.4 Å². The lowest BCUT2D eigenvalue weighted by Gasteiger charge is -2.35. The van der Waals surface area contributed by atoms with Crippen molar-refractivity contribution >= 4 is 15.9 Å². The molecule has 2 aromatic rings. The molecule has 0 radical (unpaired) electrons. The molecule has 3 rings (SSSR count). The predicted molar refractivity (Wildman–Crippen MR) is 77.9 cm³/mol. The third-order valence-corrected chi connectivity index (χ3v) is 4.50. The van der Waals surface area contributed by atoms with E-state index in [4.69, 9.17) is 4.42 Å². The molecule has 2 atom stereocenters. The zero-order chi connectivity index (χ0) is 14.2. The maximum atomic E-state index is 10.6. The number of fused-ring (bicyclic) bond motifs is 1. The molecule has 102 valence electrons. The van der Waals surface area contributed by atoms with Gasteiger partial charge in [0, 0.05) is 0 Å². The van der Waals surface area contributed by atoms with Gasteiger partial charge in [0.05, 0.1) is 11.5 Å². The van der Waals surface area contributed by atoms with E-state index >= 15 is 0 Å². The summed E-state index contributed by atoms with van der Waals surface area (Å²) in [5.74, 6) is 0.442. The molecule has 1 N–H and O–H groups in total. The van der Waals surface area contributed by atoms with Crippen molar-refractivity contribution in [1.29, 1.82) is 5.26 Å². The molecule has 3 nitrogen and oxygen atoms in total. The first kappa shape index (κ1) is 13.4. The number of furan rings is 1. The van der Waals surface area contributed by atoms with Crippen LogP contribution in [-0.2, 0) is 12.8 Å². The molecule has 0 fully saturated rings. The number of aryl methyl sites for hydroxylation is 1. The van der Waals surface area contributed by atoms with Gasteiger partial charge >= 0.3 is 0 Å². The minimum absolute atomic E-state index is 0.442. The largest absolute Gasteiger partial charge is 0.452 e. The Morgan fingerprint density at radius 1 is 1.25 bits per heavy atom. The fourth-order valence-electron chi connectivity index (χ4n) is 2.90. The van der Waals surface area contributed by atoms with E-state index in [9.17, 15) is 10.4 Å². The van der Waals surface area contributed by atoms with E-state index in [0.717, 1.165) is 12.0 Å². The summed E-state index contributed by atoms with van der Waals surface area (Å²) >= 11 is 3.23. The molecular weight excluding hydrogens is 318 g/mol. The van der Waals surface area contributed by atoms with Crippen LogP contribution in [0.2, 0.25) is 0 Å². The summed E-state index contributed by atoms with van der Waals surface area (Å²) in [4.78, 5) is 0. The van der Waals surface area contributed by atoms with Crippen LogP contribution >= 0.6 is 15.9 Å². The van der Waals surface area contributed by atoms with Crippen LogP contribution in [0.15, 0.2) is 45.5 Å². The van der Waals surface area contributed by atoms with Gasteiger partial charge in [-0.3, -0.25) is 0 Å². The number of hydrogen-bond acceptors (Lipinski definition) is 3. The zero-order valence-corrected chi connectivity index (χ0v) is 12.4. The summed E-state index contributed by atoms with van der Waals surface area (Å²) in [5, 5.41) is 20.2. The molecule has 1 aromatic heterocycles. The highest BCUT2D eigenvalue weighted by atomic mass is 79.9. The van der Waals surface area contributed by atoms with Crippen LogP contribution < -0.4 is 0 Å². The standard InChI is InChI=1S/C16H14BrNO2/c17-14-6-5-13(20-14)15(19)16(10-18)8-7-11-3-1-2-4-12(11)9-16/h1-6,15,19H,7-9H2. The predicted octanol–water partition coefficient (Wildman–Crippen LogP) is 3.77. The van der Waals surface area contributed by atoms with Gasteiger partial charge in [0.1, 0.15) is 11.9 Å². The lowest BCUT2D eigenvalue weighted by Crippen LogP contribution is -2.33. The van der Waals surface area contributed by atoms with Crippen LogP contribution in [0.5, 0.6) is 0 Å². The quantitative estimate of drug-likeness (QED) is 0.911. The summed E-state index contributed by atoms with van der Waals surface area (Å²) in [6, 6.07) is 13.9. The molecule has 0 aliphatic heterocycles. The second-order valence-electron chi connectivity index (χ2n) is 5.26. The smallest absolute Gasteiger partial charge is 0.169 e. The maximum Gasteiger partial charge on any atom is 0.169 e. The fourth-order valence-corrected chi connectivity index (χ4v) is 3.22. The molecular formula is C16H14BrNO2. The zero-order valence-electron chi connectivity index (χ0n) is 10.8. The van der Waals surface area contributed by atoms with Gasteiger partial charge in [0.25, 0.3) is 0 Å². The lowest BCUT2D eigenvalue weighted by atomic mass is 9.68. The number of nitrogens with zero attached hydrogens (tertiary/aromatic N) is 1. The number of rotatable bonds is 2. The summed E-state index contributed by atoms with van der Waals surface area (Å²) in [7, 11) is 0. The van der Waals surface area contributed by atoms with Crippen molar-refractivity contribution in [3.05, 3.63) is 58.0 Å². The second kappa shape index (κ2) is 5.08. The molecule has 0 bridgehead atoms. The molecule has 0 saturated heterocycles. The number of hydrogen-bond donors (Lipinski definition) is 1. The highest BCUT2D eigenvalue weighted by molar-refractivity contribution is 9.10. The first-order chi connectivity index (χ1) is 9.64. The Hall–Kier alpha value is -1.57. The SMILES string of the molecule is N#CC1(C(O)c2ccc(Br)o2)CCc2ccccc2C1. The number of halogens is 1. The molecule has 20 heavy (non-hydrogen) atoms. The number of aliphatic hydroxyl groups excluding tert-OH is 1. The minimum atomic E-state index is -0.910. The number of nitriles is 1. The Morgan fingerprint density at radius 2 is 2.00 bits per heavy atom. The normalized spacial score (nSPS) is 22.9. The van der Waals surface area contributed by atoms with E-state index in [1.807, 2.05) is 18.2 Å². The molecule has 1 aliphatic carbocycles. The van der Waals surface area contributed by atoms with Crippen LogP contribution in [0.4, 0.5) is 0 Å². The van der Waals surface area contributed by atoms with Gasteiger partial charge < -0.3 is 9.52 Å². The number of benzene rings is 1. The molecule has 4 heteroatoms. The van der Waals surface area contributed by atoms with Gasteiger partial charge in [-0.15, -0.1) is 0 Å². The maximum absolute atomic E-state index is 10.6. The topological polar surface area (TPSA) is 57.2 Å². The Balaban J connectivity index is 1.96. The molecule has 2 unspecified atom stereocenters. The number of aliphatic hydroxyl groups is 1. The molecule has 0 amide bonds. The fraction of sp³-hybridized carbons (Fsp3) is 0.312. The highest BCUT2D eigenvalue weighted by Crippen LogP contribution is 2.45. The van der Waals surface area contributed by atoms with E-state index in [0.29, 0.717) is 23.3 Å².